The van der Waals surface area contributed by atoms with Gasteiger partial charge in [0.2, 0.25) is 0 Å². The zero-order chi connectivity index (χ0) is 14.7. The number of hydrogen-bond acceptors (Lipinski definition) is 1. The van der Waals surface area contributed by atoms with Crippen LogP contribution in [0.5, 0.6) is 0 Å². The van der Waals surface area contributed by atoms with Crippen LogP contribution in [0, 0.1) is 25.5 Å². The summed E-state index contributed by atoms with van der Waals surface area (Å²) in [5, 5.41) is 3.24. The second kappa shape index (κ2) is 6.14. The van der Waals surface area contributed by atoms with Crippen LogP contribution in [0.3, 0.4) is 0 Å². The lowest BCUT2D eigenvalue weighted by Gasteiger charge is -2.17. The molecular formula is C17H19F2N. The molecule has 3 heteroatoms. The van der Waals surface area contributed by atoms with Gasteiger partial charge in [-0.05, 0) is 38.0 Å². The largest absolute Gasteiger partial charge is 0.306 e. The van der Waals surface area contributed by atoms with Gasteiger partial charge >= 0.3 is 0 Å². The Morgan fingerprint density at radius 3 is 2.60 bits per heavy atom. The molecule has 0 aromatic heterocycles. The van der Waals surface area contributed by atoms with E-state index in [-0.39, 0.29) is 6.04 Å². The number of nitrogens with one attached hydrogen (secondary N) is 1. The van der Waals surface area contributed by atoms with E-state index in [0.717, 1.165) is 6.07 Å². The van der Waals surface area contributed by atoms with Crippen LogP contribution in [0.1, 0.15) is 35.2 Å². The van der Waals surface area contributed by atoms with Crippen molar-refractivity contribution in [3.8, 4) is 0 Å². The highest BCUT2D eigenvalue weighted by molar-refractivity contribution is 5.32. The lowest BCUT2D eigenvalue weighted by atomic mass is 10.00. The third-order valence-electron chi connectivity index (χ3n) is 3.53. The van der Waals surface area contributed by atoms with Gasteiger partial charge in [0.15, 0.2) is 11.6 Å². The molecule has 0 amide bonds. The Morgan fingerprint density at radius 1 is 1.10 bits per heavy atom. The Hall–Kier alpha value is -1.74. The summed E-state index contributed by atoms with van der Waals surface area (Å²) in [5.41, 5.74) is 3.91. The second-order valence-electron chi connectivity index (χ2n) is 5.18. The van der Waals surface area contributed by atoms with E-state index in [2.05, 4.69) is 30.4 Å². The minimum absolute atomic E-state index is 0.0811. The molecule has 0 heterocycles. The van der Waals surface area contributed by atoms with Crippen molar-refractivity contribution in [3.63, 3.8) is 0 Å². The molecule has 0 spiro atoms. The standard InChI is InChI=1S/C17H19F2N/c1-11-7-8-12(2)15(9-11)13(3)20-10-14-5-4-6-16(18)17(14)19/h4-9,13,20H,10H2,1-3H3. The summed E-state index contributed by atoms with van der Waals surface area (Å²) in [6, 6.07) is 10.6. The summed E-state index contributed by atoms with van der Waals surface area (Å²) in [5.74, 6) is -1.57. The summed E-state index contributed by atoms with van der Waals surface area (Å²) in [7, 11) is 0. The fourth-order valence-electron chi connectivity index (χ4n) is 2.28. The molecule has 0 aliphatic carbocycles. The predicted octanol–water partition coefficient (Wildman–Crippen LogP) is 4.43. The Morgan fingerprint density at radius 2 is 1.85 bits per heavy atom. The predicted molar refractivity (Wildman–Crippen MR) is 77.5 cm³/mol. The van der Waals surface area contributed by atoms with Crippen molar-refractivity contribution in [2.75, 3.05) is 0 Å². The molecule has 1 atom stereocenters. The van der Waals surface area contributed by atoms with Crippen LogP contribution in [-0.4, -0.2) is 0 Å². The summed E-state index contributed by atoms with van der Waals surface area (Å²) >= 11 is 0. The molecule has 0 radical (unpaired) electrons. The Kier molecular flexibility index (Phi) is 4.50. The topological polar surface area (TPSA) is 12.0 Å². The van der Waals surface area contributed by atoms with Gasteiger partial charge in [0, 0.05) is 18.2 Å². The van der Waals surface area contributed by atoms with Crippen molar-refractivity contribution in [3.05, 3.63) is 70.3 Å². The monoisotopic (exact) mass is 275 g/mol. The highest BCUT2D eigenvalue weighted by Crippen LogP contribution is 2.20. The van der Waals surface area contributed by atoms with E-state index in [0.29, 0.717) is 12.1 Å². The quantitative estimate of drug-likeness (QED) is 0.870. The summed E-state index contributed by atoms with van der Waals surface area (Å²) in [4.78, 5) is 0. The molecule has 0 aliphatic heterocycles. The zero-order valence-corrected chi connectivity index (χ0v) is 12.0. The van der Waals surface area contributed by atoms with Gasteiger partial charge in [-0.25, -0.2) is 8.78 Å². The minimum atomic E-state index is -0.802. The van der Waals surface area contributed by atoms with Crippen LogP contribution >= 0.6 is 0 Å². The SMILES string of the molecule is Cc1ccc(C)c(C(C)NCc2cccc(F)c2F)c1. The molecule has 0 saturated heterocycles. The number of hydrogen-bond donors (Lipinski definition) is 1. The Labute approximate surface area is 118 Å². The lowest BCUT2D eigenvalue weighted by Crippen LogP contribution is -2.20. The number of halogens is 2. The van der Waals surface area contributed by atoms with Crippen LogP contribution in [0.15, 0.2) is 36.4 Å². The van der Waals surface area contributed by atoms with Gasteiger partial charge in [0.1, 0.15) is 0 Å². The smallest absolute Gasteiger partial charge is 0.163 e. The first-order chi connectivity index (χ1) is 9.49. The van der Waals surface area contributed by atoms with Crippen LogP contribution in [0.4, 0.5) is 8.78 Å². The van der Waals surface area contributed by atoms with Crippen LogP contribution in [0.2, 0.25) is 0 Å². The van der Waals surface area contributed by atoms with Crippen LogP contribution < -0.4 is 5.32 Å². The van der Waals surface area contributed by atoms with Crippen molar-refractivity contribution < 1.29 is 8.78 Å². The van der Waals surface area contributed by atoms with Gasteiger partial charge in [-0.3, -0.25) is 0 Å². The first-order valence-corrected chi connectivity index (χ1v) is 6.72. The van der Waals surface area contributed by atoms with E-state index in [1.54, 1.807) is 6.07 Å². The van der Waals surface area contributed by atoms with Crippen molar-refractivity contribution in [1.29, 1.82) is 0 Å². The zero-order valence-electron chi connectivity index (χ0n) is 12.0. The molecule has 2 rings (SSSR count). The molecule has 0 bridgehead atoms. The molecule has 106 valence electrons. The summed E-state index contributed by atoms with van der Waals surface area (Å²) < 4.78 is 26.7. The summed E-state index contributed by atoms with van der Waals surface area (Å²) in [6.45, 7) is 6.43. The van der Waals surface area contributed by atoms with Crippen molar-refractivity contribution >= 4 is 0 Å². The highest BCUT2D eigenvalue weighted by Gasteiger charge is 2.11. The van der Waals surface area contributed by atoms with Crippen LogP contribution in [-0.2, 0) is 6.54 Å². The molecule has 20 heavy (non-hydrogen) atoms. The maximum absolute atomic E-state index is 13.6. The molecule has 0 fully saturated rings. The van der Waals surface area contributed by atoms with Crippen LogP contribution in [0.25, 0.3) is 0 Å². The first-order valence-electron chi connectivity index (χ1n) is 6.72. The maximum Gasteiger partial charge on any atom is 0.163 e. The average molecular weight is 275 g/mol. The van der Waals surface area contributed by atoms with Gasteiger partial charge in [0.05, 0.1) is 0 Å². The fourth-order valence-corrected chi connectivity index (χ4v) is 2.28. The Balaban J connectivity index is 2.10. The van der Waals surface area contributed by atoms with E-state index in [9.17, 15) is 8.78 Å². The summed E-state index contributed by atoms with van der Waals surface area (Å²) in [6.07, 6.45) is 0. The highest BCUT2D eigenvalue weighted by atomic mass is 19.2. The Bertz CT molecular complexity index is 608. The maximum atomic E-state index is 13.6. The van der Waals surface area contributed by atoms with Gasteiger partial charge in [-0.1, -0.05) is 35.9 Å². The molecule has 2 aromatic rings. The average Bonchev–Trinajstić information content (AvgIpc) is 2.43. The van der Waals surface area contributed by atoms with Crippen molar-refractivity contribution in [1.82, 2.24) is 5.32 Å². The molecule has 1 unspecified atom stereocenters. The molecule has 2 aromatic carbocycles. The minimum Gasteiger partial charge on any atom is -0.306 e. The van der Waals surface area contributed by atoms with E-state index in [1.165, 1.54) is 22.8 Å². The van der Waals surface area contributed by atoms with E-state index in [4.69, 9.17) is 0 Å². The first kappa shape index (κ1) is 14.7. The molecular weight excluding hydrogens is 256 g/mol. The molecule has 0 aliphatic rings. The normalized spacial score (nSPS) is 12.4. The molecule has 1 nitrogen and oxygen atoms in total. The lowest BCUT2D eigenvalue weighted by molar-refractivity contribution is 0.484. The number of benzene rings is 2. The number of rotatable bonds is 4. The van der Waals surface area contributed by atoms with Crippen molar-refractivity contribution in [2.45, 2.75) is 33.4 Å². The second-order valence-corrected chi connectivity index (χ2v) is 5.18. The third-order valence-corrected chi connectivity index (χ3v) is 3.53. The molecule has 0 saturated carbocycles. The van der Waals surface area contributed by atoms with Crippen molar-refractivity contribution in [2.24, 2.45) is 0 Å². The van der Waals surface area contributed by atoms with E-state index in [1.807, 2.05) is 13.8 Å². The van der Waals surface area contributed by atoms with E-state index < -0.39 is 11.6 Å². The molecule has 1 N–H and O–H groups in total. The van der Waals surface area contributed by atoms with Gasteiger partial charge < -0.3 is 5.32 Å². The fraction of sp³-hybridized carbons (Fsp3) is 0.294. The van der Waals surface area contributed by atoms with E-state index >= 15 is 0 Å². The van der Waals surface area contributed by atoms with Gasteiger partial charge in [-0.2, -0.15) is 0 Å². The van der Waals surface area contributed by atoms with Gasteiger partial charge in [0.25, 0.3) is 0 Å². The third kappa shape index (κ3) is 3.23. The number of aryl methyl sites for hydroxylation is 2. The van der Waals surface area contributed by atoms with Gasteiger partial charge in [-0.15, -0.1) is 0 Å².